The molecule has 2 aliphatic heterocycles. The zero-order valence-electron chi connectivity index (χ0n) is 17.6. The quantitative estimate of drug-likeness (QED) is 0.322. The van der Waals surface area contributed by atoms with E-state index >= 15 is 0 Å². The van der Waals surface area contributed by atoms with Crippen LogP contribution in [0.5, 0.6) is 0 Å². The number of esters is 1. The molecule has 0 radical (unpaired) electrons. The summed E-state index contributed by atoms with van der Waals surface area (Å²) in [5, 5.41) is 14.8. The Labute approximate surface area is 184 Å². The molecule has 1 aromatic rings. The Morgan fingerprint density at radius 2 is 1.90 bits per heavy atom. The molecule has 9 nitrogen and oxygen atoms in total. The van der Waals surface area contributed by atoms with E-state index in [-0.39, 0.29) is 0 Å². The SMILES string of the molecule is COC(=O)C=C(C)N[C@@H](C(=O)NC1C(=O)N2[C@@H]1SC(C)(C)[C@@H]2C(=O)O)c1ccccc1. The highest BCUT2D eigenvalue weighted by atomic mass is 32.2. The average Bonchev–Trinajstić information content (AvgIpc) is 2.98. The normalized spacial score (nSPS) is 25.2. The van der Waals surface area contributed by atoms with E-state index in [9.17, 15) is 24.3 Å². The van der Waals surface area contributed by atoms with Crippen LogP contribution < -0.4 is 10.6 Å². The molecule has 2 fully saturated rings. The van der Waals surface area contributed by atoms with E-state index in [0.29, 0.717) is 11.3 Å². The van der Waals surface area contributed by atoms with Gasteiger partial charge in [-0.1, -0.05) is 30.3 Å². The van der Waals surface area contributed by atoms with Crippen LogP contribution in [0.3, 0.4) is 0 Å². The summed E-state index contributed by atoms with van der Waals surface area (Å²) >= 11 is 1.36. The lowest BCUT2D eigenvalue weighted by Crippen LogP contribution is -2.71. The van der Waals surface area contributed by atoms with Crippen LogP contribution in [-0.4, -0.2) is 63.1 Å². The Bertz CT molecular complexity index is 932. The van der Waals surface area contributed by atoms with E-state index in [1.165, 1.54) is 29.8 Å². The summed E-state index contributed by atoms with van der Waals surface area (Å²) in [5.74, 6) is -2.51. The summed E-state index contributed by atoms with van der Waals surface area (Å²) in [5.41, 5.74) is 1.06. The van der Waals surface area contributed by atoms with Gasteiger partial charge in [0.25, 0.3) is 0 Å². The number of hydrogen-bond donors (Lipinski definition) is 3. The molecule has 3 N–H and O–H groups in total. The van der Waals surface area contributed by atoms with Crippen LogP contribution in [0.1, 0.15) is 32.4 Å². The number of aliphatic carboxylic acids is 1. The van der Waals surface area contributed by atoms with Crippen LogP contribution in [0, 0.1) is 0 Å². The van der Waals surface area contributed by atoms with Gasteiger partial charge < -0.3 is 25.4 Å². The summed E-state index contributed by atoms with van der Waals surface area (Å²) < 4.78 is 3.94. The number of rotatable bonds is 7. The Kier molecular flexibility index (Phi) is 6.30. The van der Waals surface area contributed by atoms with Crippen molar-refractivity contribution in [1.29, 1.82) is 0 Å². The highest BCUT2D eigenvalue weighted by molar-refractivity contribution is 8.01. The minimum atomic E-state index is -1.06. The fourth-order valence-corrected chi connectivity index (χ4v) is 5.46. The second kappa shape index (κ2) is 8.62. The third kappa shape index (κ3) is 4.39. The van der Waals surface area contributed by atoms with Crippen molar-refractivity contribution in [2.75, 3.05) is 7.11 Å². The molecule has 0 aliphatic carbocycles. The van der Waals surface area contributed by atoms with Crippen LogP contribution >= 0.6 is 11.8 Å². The first kappa shape index (κ1) is 22.7. The number of carbonyl (C=O) groups excluding carboxylic acids is 3. The molecule has 10 heteroatoms. The summed E-state index contributed by atoms with van der Waals surface area (Å²) in [7, 11) is 1.26. The van der Waals surface area contributed by atoms with Crippen molar-refractivity contribution >= 4 is 35.5 Å². The predicted molar refractivity (Wildman–Crippen MR) is 114 cm³/mol. The van der Waals surface area contributed by atoms with E-state index in [4.69, 9.17) is 0 Å². The van der Waals surface area contributed by atoms with Gasteiger partial charge in [0, 0.05) is 16.5 Å². The van der Waals surface area contributed by atoms with E-state index in [2.05, 4.69) is 15.4 Å². The molecule has 2 amide bonds. The first-order valence-electron chi connectivity index (χ1n) is 9.67. The fourth-order valence-electron chi connectivity index (χ4n) is 3.83. The van der Waals surface area contributed by atoms with Crippen LogP contribution in [0.2, 0.25) is 0 Å². The van der Waals surface area contributed by atoms with Gasteiger partial charge >= 0.3 is 11.9 Å². The zero-order valence-corrected chi connectivity index (χ0v) is 18.4. The van der Waals surface area contributed by atoms with Crippen molar-refractivity contribution in [2.45, 2.75) is 49.0 Å². The largest absolute Gasteiger partial charge is 0.480 e. The zero-order chi connectivity index (χ0) is 22.9. The molecule has 4 atom stereocenters. The number of carboxylic acids is 1. The molecule has 2 aliphatic rings. The lowest BCUT2D eigenvalue weighted by atomic mass is 9.95. The number of β-lactam (4-membered cyclic amide) rings is 1. The monoisotopic (exact) mass is 447 g/mol. The van der Waals surface area contributed by atoms with Gasteiger partial charge in [-0.05, 0) is 26.3 Å². The summed E-state index contributed by atoms with van der Waals surface area (Å²) in [4.78, 5) is 50.3. The van der Waals surface area contributed by atoms with Gasteiger partial charge in [0.05, 0.1) is 7.11 Å². The number of benzene rings is 1. The summed E-state index contributed by atoms with van der Waals surface area (Å²) in [6.45, 7) is 5.18. The van der Waals surface area contributed by atoms with E-state index in [1.807, 2.05) is 6.07 Å². The fraction of sp³-hybridized carbons (Fsp3) is 0.429. The Hall–Kier alpha value is -3.01. The number of thioether (sulfide) groups is 1. The number of carboxylic acid groups (broad SMARTS) is 1. The standard InChI is InChI=1S/C21H25N3O6S/c1-11(10-13(25)30-4)22-14(12-8-6-5-7-9-12)17(26)23-15-18(27)24-16(20(28)29)21(2,3)31-19(15)24/h5-10,14-16,19,22H,1-4H3,(H,23,26)(H,28,29)/t14-,15?,16+,19-/m1/s1. The van der Waals surface area contributed by atoms with Gasteiger partial charge in [-0.3, -0.25) is 9.59 Å². The second-order valence-corrected chi connectivity index (χ2v) is 9.69. The van der Waals surface area contributed by atoms with E-state index < -0.39 is 52.0 Å². The van der Waals surface area contributed by atoms with Crippen LogP contribution in [0.25, 0.3) is 0 Å². The van der Waals surface area contributed by atoms with Crippen LogP contribution in [-0.2, 0) is 23.9 Å². The highest BCUT2D eigenvalue weighted by Gasteiger charge is 2.64. The minimum absolute atomic E-state index is 0.416. The second-order valence-electron chi connectivity index (χ2n) is 7.92. The topological polar surface area (TPSA) is 125 Å². The average molecular weight is 448 g/mol. The maximum atomic E-state index is 13.1. The summed E-state index contributed by atoms with van der Waals surface area (Å²) in [6, 6.07) is 6.25. The van der Waals surface area contributed by atoms with Gasteiger partial charge in [0.2, 0.25) is 11.8 Å². The molecule has 31 heavy (non-hydrogen) atoms. The van der Waals surface area contributed by atoms with E-state index in [0.717, 1.165) is 0 Å². The first-order valence-corrected chi connectivity index (χ1v) is 10.6. The number of nitrogens with zero attached hydrogens (tertiary/aromatic N) is 1. The molecule has 1 aromatic carbocycles. The number of nitrogens with one attached hydrogen (secondary N) is 2. The van der Waals surface area contributed by atoms with Crippen molar-refractivity contribution in [3.8, 4) is 0 Å². The Morgan fingerprint density at radius 3 is 2.48 bits per heavy atom. The number of carbonyl (C=O) groups is 4. The molecular formula is C21H25N3O6S. The smallest absolute Gasteiger partial charge is 0.332 e. The lowest BCUT2D eigenvalue weighted by molar-refractivity contribution is -0.161. The summed E-state index contributed by atoms with van der Waals surface area (Å²) in [6.07, 6.45) is 1.23. The Morgan fingerprint density at radius 1 is 1.26 bits per heavy atom. The number of allylic oxidation sites excluding steroid dienone is 1. The van der Waals surface area contributed by atoms with E-state index in [1.54, 1.807) is 45.0 Å². The van der Waals surface area contributed by atoms with Gasteiger partial charge in [-0.2, -0.15) is 0 Å². The molecule has 166 valence electrons. The van der Waals surface area contributed by atoms with Crippen LogP contribution in [0.4, 0.5) is 0 Å². The highest BCUT2D eigenvalue weighted by Crippen LogP contribution is 2.50. The number of ether oxygens (including phenoxy) is 1. The van der Waals surface area contributed by atoms with Crippen LogP contribution in [0.15, 0.2) is 42.1 Å². The first-order chi connectivity index (χ1) is 14.6. The van der Waals surface area contributed by atoms with Crippen molar-refractivity contribution in [3.63, 3.8) is 0 Å². The minimum Gasteiger partial charge on any atom is -0.480 e. The van der Waals surface area contributed by atoms with Gasteiger partial charge in [-0.25, -0.2) is 9.59 Å². The molecule has 2 saturated heterocycles. The number of amides is 2. The van der Waals surface area contributed by atoms with Crippen molar-refractivity contribution < 1.29 is 29.0 Å². The number of methoxy groups -OCH3 is 1. The lowest BCUT2D eigenvalue weighted by Gasteiger charge is -2.44. The Balaban J connectivity index is 1.79. The predicted octanol–water partition coefficient (Wildman–Crippen LogP) is 1.03. The molecular weight excluding hydrogens is 422 g/mol. The molecule has 0 bridgehead atoms. The number of fused-ring (bicyclic) bond motifs is 1. The van der Waals surface area contributed by atoms with Crippen molar-refractivity contribution in [2.24, 2.45) is 0 Å². The molecule has 2 heterocycles. The third-order valence-electron chi connectivity index (χ3n) is 5.28. The number of hydrogen-bond acceptors (Lipinski definition) is 7. The van der Waals surface area contributed by atoms with Gasteiger partial charge in [0.15, 0.2) is 0 Å². The molecule has 0 aromatic heterocycles. The molecule has 3 rings (SSSR count). The molecule has 0 saturated carbocycles. The van der Waals surface area contributed by atoms with Gasteiger partial charge in [0.1, 0.15) is 23.5 Å². The van der Waals surface area contributed by atoms with Crippen molar-refractivity contribution in [1.82, 2.24) is 15.5 Å². The molecule has 0 spiro atoms. The van der Waals surface area contributed by atoms with Crippen molar-refractivity contribution in [3.05, 3.63) is 47.7 Å². The maximum absolute atomic E-state index is 13.1. The third-order valence-corrected chi connectivity index (χ3v) is 6.85. The maximum Gasteiger partial charge on any atom is 0.332 e. The molecule has 1 unspecified atom stereocenters. The van der Waals surface area contributed by atoms with Gasteiger partial charge in [-0.15, -0.1) is 11.8 Å².